The molecule has 1 atom stereocenters. The molecule has 3 N–H and O–H groups in total. The van der Waals surface area contributed by atoms with Crippen molar-refractivity contribution in [2.75, 3.05) is 18.0 Å². The van der Waals surface area contributed by atoms with E-state index in [0.29, 0.717) is 16.5 Å². The van der Waals surface area contributed by atoms with Crippen molar-refractivity contribution >= 4 is 35.0 Å². The molecule has 2 aromatic carbocycles. The first-order valence-electron chi connectivity index (χ1n) is 12.3. The molecule has 1 saturated heterocycles. The van der Waals surface area contributed by atoms with Crippen LogP contribution in [0.3, 0.4) is 0 Å². The van der Waals surface area contributed by atoms with Gasteiger partial charge in [-0.2, -0.15) is 0 Å². The molecule has 1 amide bonds. The van der Waals surface area contributed by atoms with Crippen LogP contribution in [0.2, 0.25) is 5.02 Å². The van der Waals surface area contributed by atoms with Gasteiger partial charge in [0.2, 0.25) is 0 Å². The molecule has 7 heteroatoms. The summed E-state index contributed by atoms with van der Waals surface area (Å²) in [5.41, 5.74) is 10.5. The fourth-order valence-electron chi connectivity index (χ4n) is 4.83. The molecule has 2 aromatic rings. The molecule has 2 heterocycles. The zero-order chi connectivity index (χ0) is 24.4. The first-order chi connectivity index (χ1) is 17.0. The fourth-order valence-corrected chi connectivity index (χ4v) is 5.01. The zero-order valence-electron chi connectivity index (χ0n) is 20.0. The van der Waals surface area contributed by atoms with Gasteiger partial charge in [0.25, 0.3) is 5.91 Å². The second kappa shape index (κ2) is 10.3. The highest BCUT2D eigenvalue weighted by molar-refractivity contribution is 6.30. The van der Waals surface area contributed by atoms with E-state index in [4.69, 9.17) is 27.1 Å². The Balaban J connectivity index is 1.57. The molecule has 3 aliphatic rings. The number of carbonyl (C=O) groups excluding carboxylic acids is 1. The average molecular weight is 491 g/mol. The molecule has 182 valence electrons. The number of ether oxygens (including phenoxy) is 1. The van der Waals surface area contributed by atoms with Gasteiger partial charge in [0, 0.05) is 45.8 Å². The highest BCUT2D eigenvalue weighted by atomic mass is 35.5. The van der Waals surface area contributed by atoms with Gasteiger partial charge in [0.05, 0.1) is 11.7 Å². The second-order valence-corrected chi connectivity index (χ2v) is 9.81. The van der Waals surface area contributed by atoms with Crippen LogP contribution >= 0.6 is 11.6 Å². The number of rotatable bonds is 6. The standard InChI is InChI=1S/C28H31ClN4O2/c1-18-5-8-25-26(33(18)28(34)19-6-7-19)10-9-24(27(25)35-23-4-2-3-21(29)15-23)20(16-30)17-32-22-11-13-31-14-12-22/h2-4,6,9-10,15-18,22,31H,5,7-8,11-14,30H2,1H3. The number of hydrogen-bond acceptors (Lipinski definition) is 5. The lowest BCUT2D eigenvalue weighted by Gasteiger charge is -2.36. The van der Waals surface area contributed by atoms with E-state index in [-0.39, 0.29) is 18.0 Å². The summed E-state index contributed by atoms with van der Waals surface area (Å²) in [6.07, 6.45) is 9.87. The summed E-state index contributed by atoms with van der Waals surface area (Å²) >= 11 is 6.25. The Morgan fingerprint density at radius 1 is 1.23 bits per heavy atom. The van der Waals surface area contributed by atoms with Crippen LogP contribution in [-0.4, -0.2) is 37.3 Å². The van der Waals surface area contributed by atoms with E-state index in [0.717, 1.165) is 73.2 Å². The number of fused-ring (bicyclic) bond motifs is 1. The van der Waals surface area contributed by atoms with Crippen molar-refractivity contribution in [1.82, 2.24) is 5.32 Å². The molecule has 1 fully saturated rings. The molecule has 6 nitrogen and oxygen atoms in total. The van der Waals surface area contributed by atoms with Crippen LogP contribution in [0, 0.1) is 0 Å². The summed E-state index contributed by atoms with van der Waals surface area (Å²) in [5, 5.41) is 3.97. The highest BCUT2D eigenvalue weighted by Gasteiger charge is 2.34. The third-order valence-electron chi connectivity index (χ3n) is 6.89. The predicted octanol–water partition coefficient (Wildman–Crippen LogP) is 5.25. The molecule has 0 radical (unpaired) electrons. The smallest absolute Gasteiger partial charge is 0.254 e. The van der Waals surface area contributed by atoms with Crippen molar-refractivity contribution < 1.29 is 9.53 Å². The van der Waals surface area contributed by atoms with E-state index in [1.165, 1.54) is 0 Å². The summed E-state index contributed by atoms with van der Waals surface area (Å²) < 4.78 is 6.50. The van der Waals surface area contributed by atoms with Gasteiger partial charge in [-0.05, 0) is 82.4 Å². The average Bonchev–Trinajstić information content (AvgIpc) is 3.71. The molecule has 0 spiro atoms. The minimum absolute atomic E-state index is 0.0852. The lowest BCUT2D eigenvalue weighted by molar-refractivity contribution is -0.115. The number of nitrogens with zero attached hydrogens (tertiary/aromatic N) is 2. The quantitative estimate of drug-likeness (QED) is 0.542. The Hall–Kier alpha value is -3.09. The largest absolute Gasteiger partial charge is 0.456 e. The number of amides is 1. The summed E-state index contributed by atoms with van der Waals surface area (Å²) in [6, 6.07) is 11.8. The van der Waals surface area contributed by atoms with Crippen LogP contribution in [0.1, 0.15) is 43.7 Å². The van der Waals surface area contributed by atoms with Crippen molar-refractivity contribution in [3.05, 3.63) is 70.4 Å². The van der Waals surface area contributed by atoms with E-state index in [1.54, 1.807) is 12.3 Å². The van der Waals surface area contributed by atoms with Gasteiger partial charge in [0.15, 0.2) is 0 Å². The molecule has 0 aromatic heterocycles. The number of aliphatic imine (C=N–C) groups is 1. The van der Waals surface area contributed by atoms with Crippen molar-refractivity contribution in [2.24, 2.45) is 10.7 Å². The zero-order valence-corrected chi connectivity index (χ0v) is 20.7. The molecule has 35 heavy (non-hydrogen) atoms. The fraction of sp³-hybridized carbons (Fsp3) is 0.357. The topological polar surface area (TPSA) is 80.0 Å². The lowest BCUT2D eigenvalue weighted by Crippen LogP contribution is -2.42. The summed E-state index contributed by atoms with van der Waals surface area (Å²) in [6.45, 7) is 4.06. The van der Waals surface area contributed by atoms with Gasteiger partial charge >= 0.3 is 0 Å². The highest BCUT2D eigenvalue weighted by Crippen LogP contribution is 2.44. The molecular formula is C28H31ClN4O2. The van der Waals surface area contributed by atoms with Crippen LogP contribution in [-0.2, 0) is 11.2 Å². The Morgan fingerprint density at radius 2 is 2.03 bits per heavy atom. The van der Waals surface area contributed by atoms with Crippen molar-refractivity contribution in [3.8, 4) is 11.5 Å². The molecule has 2 aliphatic heterocycles. The Morgan fingerprint density at radius 3 is 2.74 bits per heavy atom. The molecule has 1 unspecified atom stereocenters. The van der Waals surface area contributed by atoms with Crippen molar-refractivity contribution in [1.29, 1.82) is 0 Å². The van der Waals surface area contributed by atoms with Gasteiger partial charge in [-0.15, -0.1) is 0 Å². The minimum Gasteiger partial charge on any atom is -0.456 e. The predicted molar refractivity (Wildman–Crippen MR) is 142 cm³/mol. The van der Waals surface area contributed by atoms with Gasteiger partial charge in [-0.1, -0.05) is 23.7 Å². The molecule has 0 bridgehead atoms. The Labute approximate surface area is 211 Å². The second-order valence-electron chi connectivity index (χ2n) is 9.38. The SMILES string of the molecule is CC1CCc2c(ccc(C(C=NC3CCNCC3)=CN)c2Oc2cccc(Cl)c2)N1C(=O)C1=CC1. The minimum atomic E-state index is 0.0852. The van der Waals surface area contributed by atoms with Gasteiger partial charge in [-0.25, -0.2) is 0 Å². The maximum atomic E-state index is 13.1. The lowest BCUT2D eigenvalue weighted by atomic mass is 9.91. The molecule has 5 rings (SSSR count). The first kappa shape index (κ1) is 23.6. The number of nitrogens with one attached hydrogen (secondary N) is 1. The van der Waals surface area contributed by atoms with Crippen LogP contribution in [0.25, 0.3) is 5.57 Å². The van der Waals surface area contributed by atoms with Crippen molar-refractivity contribution in [2.45, 2.75) is 51.1 Å². The van der Waals surface area contributed by atoms with Crippen molar-refractivity contribution in [3.63, 3.8) is 0 Å². The van der Waals surface area contributed by atoms with E-state index < -0.39 is 0 Å². The number of nitrogens with two attached hydrogens (primary N) is 1. The van der Waals surface area contributed by atoms with Gasteiger partial charge in [0.1, 0.15) is 11.5 Å². The van der Waals surface area contributed by atoms with Crippen LogP contribution < -0.4 is 20.7 Å². The number of piperidine rings is 1. The normalized spacial score (nSPS) is 20.5. The number of hydrogen-bond donors (Lipinski definition) is 2. The molecular weight excluding hydrogens is 460 g/mol. The Bertz CT molecular complexity index is 1210. The Kier molecular flexibility index (Phi) is 6.93. The summed E-state index contributed by atoms with van der Waals surface area (Å²) in [7, 11) is 0. The number of halogens is 1. The summed E-state index contributed by atoms with van der Waals surface area (Å²) in [4.78, 5) is 19.9. The number of benzene rings is 2. The van der Waals surface area contributed by atoms with E-state index >= 15 is 0 Å². The molecule has 0 saturated carbocycles. The third-order valence-corrected chi connectivity index (χ3v) is 7.12. The third kappa shape index (κ3) is 5.14. The molecule has 1 aliphatic carbocycles. The van der Waals surface area contributed by atoms with E-state index in [1.807, 2.05) is 47.5 Å². The van der Waals surface area contributed by atoms with Crippen LogP contribution in [0.4, 0.5) is 5.69 Å². The summed E-state index contributed by atoms with van der Waals surface area (Å²) in [5.74, 6) is 1.43. The monoisotopic (exact) mass is 490 g/mol. The van der Waals surface area contributed by atoms with E-state index in [9.17, 15) is 4.79 Å². The van der Waals surface area contributed by atoms with Gasteiger partial charge < -0.3 is 20.7 Å². The number of allylic oxidation sites excluding steroid dienone is 2. The van der Waals surface area contributed by atoms with Gasteiger partial charge in [-0.3, -0.25) is 9.79 Å². The van der Waals surface area contributed by atoms with E-state index in [2.05, 4.69) is 12.2 Å². The van der Waals surface area contributed by atoms with Crippen LogP contribution in [0.15, 0.2) is 59.2 Å². The maximum Gasteiger partial charge on any atom is 0.254 e. The van der Waals surface area contributed by atoms with Crippen LogP contribution in [0.5, 0.6) is 11.5 Å². The number of carbonyl (C=O) groups is 1. The first-order valence-corrected chi connectivity index (χ1v) is 12.7. The maximum absolute atomic E-state index is 13.1. The number of anilines is 1.